The summed E-state index contributed by atoms with van der Waals surface area (Å²) in [4.78, 5) is 1.55. The van der Waals surface area contributed by atoms with Gasteiger partial charge in [-0.2, -0.15) is 4.80 Å². The van der Waals surface area contributed by atoms with Crippen molar-refractivity contribution in [2.75, 3.05) is 5.32 Å². The van der Waals surface area contributed by atoms with Crippen molar-refractivity contribution in [3.8, 4) is 0 Å². The normalized spacial score (nSPS) is 10.5. The molecule has 0 bridgehead atoms. The van der Waals surface area contributed by atoms with Crippen LogP contribution >= 0.6 is 0 Å². The third-order valence-corrected chi connectivity index (χ3v) is 2.24. The Kier molecular flexibility index (Phi) is 3.64. The van der Waals surface area contributed by atoms with Crippen molar-refractivity contribution in [1.29, 1.82) is 0 Å². The smallest absolute Gasteiger partial charge is 0.263 e. The Labute approximate surface area is 98.6 Å². The maximum absolute atomic E-state index is 12.7. The van der Waals surface area contributed by atoms with Gasteiger partial charge in [0.1, 0.15) is 5.82 Å². The summed E-state index contributed by atoms with van der Waals surface area (Å²) in [5.41, 5.74) is 0.971. The van der Waals surface area contributed by atoms with Crippen LogP contribution in [0.25, 0.3) is 0 Å². The van der Waals surface area contributed by atoms with E-state index in [0.717, 1.165) is 18.5 Å². The second-order valence-corrected chi connectivity index (χ2v) is 3.69. The number of aryl methyl sites for hydroxylation is 1. The first-order valence-electron chi connectivity index (χ1n) is 5.54. The number of rotatable bonds is 5. The number of benzene rings is 1. The molecule has 0 unspecified atom stereocenters. The highest BCUT2D eigenvalue weighted by Crippen LogP contribution is 2.04. The monoisotopic (exact) mass is 235 g/mol. The van der Waals surface area contributed by atoms with Crippen LogP contribution in [-0.4, -0.2) is 20.2 Å². The van der Waals surface area contributed by atoms with Gasteiger partial charge in [0.05, 0.1) is 6.54 Å². The Balaban J connectivity index is 1.90. The van der Waals surface area contributed by atoms with Gasteiger partial charge in [0.15, 0.2) is 0 Å². The molecule has 5 nitrogen and oxygen atoms in total. The maximum atomic E-state index is 12.7. The fourth-order valence-electron chi connectivity index (χ4n) is 1.39. The van der Waals surface area contributed by atoms with Gasteiger partial charge in [-0.05, 0) is 29.3 Å². The second-order valence-electron chi connectivity index (χ2n) is 3.69. The van der Waals surface area contributed by atoms with E-state index in [2.05, 4.69) is 27.7 Å². The molecule has 0 saturated carbocycles. The van der Waals surface area contributed by atoms with E-state index in [-0.39, 0.29) is 5.82 Å². The second kappa shape index (κ2) is 5.38. The fourth-order valence-corrected chi connectivity index (χ4v) is 1.39. The average molecular weight is 235 g/mol. The molecule has 90 valence electrons. The van der Waals surface area contributed by atoms with Crippen LogP contribution in [0.2, 0.25) is 0 Å². The zero-order valence-corrected chi connectivity index (χ0v) is 9.60. The molecule has 0 fully saturated rings. The third kappa shape index (κ3) is 3.24. The van der Waals surface area contributed by atoms with Crippen LogP contribution in [-0.2, 0) is 13.1 Å². The molecule has 1 N–H and O–H groups in total. The van der Waals surface area contributed by atoms with Crippen LogP contribution in [0.4, 0.5) is 10.3 Å². The van der Waals surface area contributed by atoms with Crippen molar-refractivity contribution in [3.63, 3.8) is 0 Å². The Hall–Kier alpha value is -1.98. The van der Waals surface area contributed by atoms with E-state index in [1.165, 1.54) is 12.1 Å². The quantitative estimate of drug-likeness (QED) is 0.859. The largest absolute Gasteiger partial charge is 0.348 e. The molecule has 0 amide bonds. The summed E-state index contributed by atoms with van der Waals surface area (Å²) >= 11 is 0. The van der Waals surface area contributed by atoms with Crippen LogP contribution in [0, 0.1) is 5.82 Å². The lowest BCUT2D eigenvalue weighted by molar-refractivity contribution is 0.515. The molecule has 0 spiro atoms. The van der Waals surface area contributed by atoms with E-state index in [1.807, 2.05) is 0 Å². The topological polar surface area (TPSA) is 55.6 Å². The van der Waals surface area contributed by atoms with Gasteiger partial charge in [0.25, 0.3) is 5.95 Å². The van der Waals surface area contributed by atoms with E-state index in [9.17, 15) is 4.39 Å². The lowest BCUT2D eigenvalue weighted by Gasteiger charge is -2.01. The number of anilines is 1. The first-order valence-corrected chi connectivity index (χ1v) is 5.54. The number of halogens is 1. The van der Waals surface area contributed by atoms with Crippen LogP contribution in [0.3, 0.4) is 0 Å². The minimum atomic E-state index is -0.235. The fraction of sp³-hybridized carbons (Fsp3) is 0.364. The summed E-state index contributed by atoms with van der Waals surface area (Å²) in [7, 11) is 0. The zero-order valence-electron chi connectivity index (χ0n) is 9.60. The predicted molar refractivity (Wildman–Crippen MR) is 61.8 cm³/mol. The molecule has 0 aliphatic rings. The number of tetrazole rings is 1. The van der Waals surface area contributed by atoms with Gasteiger partial charge in [-0.3, -0.25) is 0 Å². The zero-order chi connectivity index (χ0) is 12.1. The number of hydrogen-bond donors (Lipinski definition) is 1. The van der Waals surface area contributed by atoms with E-state index in [4.69, 9.17) is 0 Å². The van der Waals surface area contributed by atoms with Crippen LogP contribution in [0.5, 0.6) is 0 Å². The van der Waals surface area contributed by atoms with Gasteiger partial charge in [0, 0.05) is 6.54 Å². The van der Waals surface area contributed by atoms with Crippen molar-refractivity contribution in [2.24, 2.45) is 0 Å². The summed E-state index contributed by atoms with van der Waals surface area (Å²) in [6, 6.07) is 6.30. The summed E-state index contributed by atoms with van der Waals surface area (Å²) in [5.74, 6) is 0.253. The third-order valence-electron chi connectivity index (χ3n) is 2.24. The minimum absolute atomic E-state index is 0.235. The summed E-state index contributed by atoms with van der Waals surface area (Å²) in [5, 5.41) is 14.9. The van der Waals surface area contributed by atoms with Gasteiger partial charge in [-0.15, -0.1) is 5.10 Å². The SMILES string of the molecule is CCCn1nnc(NCc2ccc(F)cc2)n1. The summed E-state index contributed by atoms with van der Waals surface area (Å²) < 4.78 is 12.7. The molecule has 6 heteroatoms. The van der Waals surface area contributed by atoms with Gasteiger partial charge in [-0.25, -0.2) is 4.39 Å². The van der Waals surface area contributed by atoms with Crippen molar-refractivity contribution >= 4 is 5.95 Å². The molecule has 17 heavy (non-hydrogen) atoms. The van der Waals surface area contributed by atoms with Crippen molar-refractivity contribution < 1.29 is 4.39 Å². The Morgan fingerprint density at radius 3 is 2.76 bits per heavy atom. The molecule has 2 aromatic rings. The molecule has 0 atom stereocenters. The Morgan fingerprint density at radius 2 is 2.06 bits per heavy atom. The Morgan fingerprint density at radius 1 is 1.29 bits per heavy atom. The molecule has 1 aromatic carbocycles. The van der Waals surface area contributed by atoms with Crippen molar-refractivity contribution in [2.45, 2.75) is 26.4 Å². The lowest BCUT2D eigenvalue weighted by Crippen LogP contribution is -2.03. The van der Waals surface area contributed by atoms with E-state index in [1.54, 1.807) is 16.9 Å². The first-order chi connectivity index (χ1) is 8.28. The molecule has 2 rings (SSSR count). The number of nitrogens with one attached hydrogen (secondary N) is 1. The van der Waals surface area contributed by atoms with E-state index in [0.29, 0.717) is 12.5 Å². The van der Waals surface area contributed by atoms with Gasteiger partial charge >= 0.3 is 0 Å². The summed E-state index contributed by atoms with van der Waals surface area (Å²) in [6.07, 6.45) is 0.966. The molecular weight excluding hydrogens is 221 g/mol. The van der Waals surface area contributed by atoms with E-state index >= 15 is 0 Å². The maximum Gasteiger partial charge on any atom is 0.263 e. The highest BCUT2D eigenvalue weighted by Gasteiger charge is 2.01. The molecule has 1 aromatic heterocycles. The van der Waals surface area contributed by atoms with Crippen molar-refractivity contribution in [1.82, 2.24) is 20.2 Å². The molecule has 0 saturated heterocycles. The van der Waals surface area contributed by atoms with Crippen molar-refractivity contribution in [3.05, 3.63) is 35.6 Å². The molecule has 1 heterocycles. The molecule has 0 radical (unpaired) electrons. The highest BCUT2D eigenvalue weighted by atomic mass is 19.1. The standard InChI is InChI=1S/C11H14FN5/c1-2-7-17-15-11(14-16-17)13-8-9-3-5-10(12)6-4-9/h3-6H,2,7-8H2,1H3,(H,13,15). The van der Waals surface area contributed by atoms with Gasteiger partial charge < -0.3 is 5.32 Å². The first kappa shape index (κ1) is 11.5. The van der Waals surface area contributed by atoms with Crippen LogP contribution in [0.15, 0.2) is 24.3 Å². The predicted octanol–water partition coefficient (Wildman–Crippen LogP) is 1.83. The van der Waals surface area contributed by atoms with E-state index < -0.39 is 0 Å². The molecule has 0 aliphatic heterocycles. The minimum Gasteiger partial charge on any atom is -0.348 e. The van der Waals surface area contributed by atoms with Gasteiger partial charge in [0.2, 0.25) is 0 Å². The average Bonchev–Trinajstić information content (AvgIpc) is 2.77. The lowest BCUT2D eigenvalue weighted by atomic mass is 10.2. The Bertz CT molecular complexity index is 465. The number of aromatic nitrogens is 4. The van der Waals surface area contributed by atoms with Gasteiger partial charge in [-0.1, -0.05) is 24.2 Å². The summed E-state index contributed by atoms with van der Waals surface area (Å²) in [6.45, 7) is 3.36. The van der Waals surface area contributed by atoms with Crippen LogP contribution < -0.4 is 5.32 Å². The molecule has 0 aliphatic carbocycles. The van der Waals surface area contributed by atoms with Crippen LogP contribution in [0.1, 0.15) is 18.9 Å². The number of hydrogen-bond acceptors (Lipinski definition) is 4. The molecular formula is C11H14FN5. The number of nitrogens with zero attached hydrogens (tertiary/aromatic N) is 4. The highest BCUT2D eigenvalue weighted by molar-refractivity contribution is 5.25.